The van der Waals surface area contributed by atoms with Crippen LogP contribution in [0.3, 0.4) is 0 Å². The van der Waals surface area contributed by atoms with Crippen LogP contribution in [0.25, 0.3) is 0 Å². The van der Waals surface area contributed by atoms with Crippen molar-refractivity contribution in [2.24, 2.45) is 0 Å². The van der Waals surface area contributed by atoms with E-state index in [-0.39, 0.29) is 18.3 Å². The molecule has 0 radical (unpaired) electrons. The predicted octanol–water partition coefficient (Wildman–Crippen LogP) is 4.25. The number of benzene rings is 3. The molecule has 0 aliphatic heterocycles. The zero-order valence-electron chi connectivity index (χ0n) is 14.9. The zero-order valence-corrected chi connectivity index (χ0v) is 15.7. The number of halogens is 1. The lowest BCUT2D eigenvalue weighted by molar-refractivity contribution is -0.136. The van der Waals surface area contributed by atoms with Gasteiger partial charge in [0.15, 0.2) is 6.61 Å². The average Bonchev–Trinajstić information content (AvgIpc) is 2.72. The summed E-state index contributed by atoms with van der Waals surface area (Å²) in [6, 6.07) is 22.8. The molecule has 28 heavy (non-hydrogen) atoms. The first-order valence-electron chi connectivity index (χ1n) is 8.62. The highest BCUT2D eigenvalue weighted by molar-refractivity contribution is 6.32. The molecule has 0 unspecified atom stereocenters. The molecule has 1 amide bonds. The number of para-hydroxylation sites is 1. The van der Waals surface area contributed by atoms with Crippen molar-refractivity contribution in [3.05, 3.63) is 95.0 Å². The van der Waals surface area contributed by atoms with Gasteiger partial charge in [0.2, 0.25) is 0 Å². The van der Waals surface area contributed by atoms with Gasteiger partial charge in [0.1, 0.15) is 11.5 Å². The number of carbonyl (C=O) groups is 2. The van der Waals surface area contributed by atoms with Gasteiger partial charge in [-0.15, -0.1) is 0 Å². The van der Waals surface area contributed by atoms with Crippen LogP contribution in [-0.4, -0.2) is 18.5 Å². The van der Waals surface area contributed by atoms with E-state index in [1.165, 1.54) is 6.07 Å². The summed E-state index contributed by atoms with van der Waals surface area (Å²) in [5.74, 6) is -0.189. The summed E-state index contributed by atoms with van der Waals surface area (Å²) in [6.45, 7) is 0.115. The van der Waals surface area contributed by atoms with Crippen LogP contribution in [0.1, 0.15) is 15.9 Å². The summed E-state index contributed by atoms with van der Waals surface area (Å²) in [4.78, 5) is 24.3. The Balaban J connectivity index is 1.54. The molecule has 0 fully saturated rings. The van der Waals surface area contributed by atoms with Crippen molar-refractivity contribution in [3.8, 4) is 11.5 Å². The Morgan fingerprint density at radius 1 is 0.893 bits per heavy atom. The quantitative estimate of drug-likeness (QED) is 0.479. The molecule has 3 aromatic carbocycles. The van der Waals surface area contributed by atoms with Gasteiger partial charge in [-0.05, 0) is 35.9 Å². The van der Waals surface area contributed by atoms with Crippen LogP contribution in [0.5, 0.6) is 11.5 Å². The lowest BCUT2D eigenvalue weighted by Crippen LogP contribution is -2.23. The first kappa shape index (κ1) is 19.5. The Hall–Kier alpha value is -3.31. The molecule has 6 heteroatoms. The van der Waals surface area contributed by atoms with E-state index in [1.807, 2.05) is 30.3 Å². The van der Waals surface area contributed by atoms with Crippen LogP contribution in [0.15, 0.2) is 78.9 Å². The number of nitrogens with one attached hydrogen (secondary N) is 1. The van der Waals surface area contributed by atoms with Crippen molar-refractivity contribution < 1.29 is 19.1 Å². The number of hydrogen-bond acceptors (Lipinski definition) is 4. The predicted molar refractivity (Wildman–Crippen MR) is 107 cm³/mol. The molecule has 5 nitrogen and oxygen atoms in total. The molecule has 142 valence electrons. The minimum Gasteiger partial charge on any atom is -0.480 e. The van der Waals surface area contributed by atoms with Crippen LogP contribution in [-0.2, 0) is 11.3 Å². The van der Waals surface area contributed by atoms with Crippen molar-refractivity contribution >= 4 is 23.5 Å². The third-order valence-electron chi connectivity index (χ3n) is 3.81. The molecule has 0 saturated heterocycles. The van der Waals surface area contributed by atoms with Gasteiger partial charge >= 0.3 is 5.97 Å². The highest BCUT2D eigenvalue weighted by Gasteiger charge is 2.11. The molecule has 0 saturated carbocycles. The van der Waals surface area contributed by atoms with E-state index in [2.05, 4.69) is 5.32 Å². The van der Waals surface area contributed by atoms with Crippen LogP contribution in [0.2, 0.25) is 5.02 Å². The summed E-state index contributed by atoms with van der Waals surface area (Å²) in [5.41, 5.74) is 1.39. The zero-order chi connectivity index (χ0) is 19.8. The van der Waals surface area contributed by atoms with E-state index in [4.69, 9.17) is 21.1 Å². The fourth-order valence-electron chi connectivity index (χ4n) is 2.44. The number of hydrogen-bond donors (Lipinski definition) is 1. The Morgan fingerprint density at radius 2 is 1.64 bits per heavy atom. The number of esters is 1. The van der Waals surface area contributed by atoms with Crippen molar-refractivity contribution in [1.82, 2.24) is 5.32 Å². The van der Waals surface area contributed by atoms with Gasteiger partial charge in [0, 0.05) is 12.1 Å². The van der Waals surface area contributed by atoms with Crippen molar-refractivity contribution in [2.75, 3.05) is 6.61 Å². The fourth-order valence-corrected chi connectivity index (χ4v) is 2.63. The summed E-state index contributed by atoms with van der Waals surface area (Å²) in [5, 5.41) is 3.24. The average molecular weight is 396 g/mol. The Bertz CT molecular complexity index is 960. The summed E-state index contributed by atoms with van der Waals surface area (Å²) < 4.78 is 10.6. The number of carbonyl (C=O) groups excluding carboxylic acids is 2. The SMILES string of the molecule is O=C(COc1ccccc1Cl)Oc1cccc(C(=O)NCc2ccccc2)c1. The molecule has 3 rings (SSSR count). The van der Waals surface area contributed by atoms with Gasteiger partial charge in [-0.2, -0.15) is 0 Å². The Kier molecular flexibility index (Phi) is 6.65. The van der Waals surface area contributed by atoms with E-state index in [9.17, 15) is 9.59 Å². The Labute approximate surface area is 167 Å². The minimum atomic E-state index is -0.596. The second kappa shape index (κ2) is 9.58. The maximum atomic E-state index is 12.3. The van der Waals surface area contributed by atoms with E-state index in [1.54, 1.807) is 42.5 Å². The largest absolute Gasteiger partial charge is 0.480 e. The lowest BCUT2D eigenvalue weighted by atomic mass is 10.2. The molecule has 0 atom stereocenters. The van der Waals surface area contributed by atoms with Gasteiger partial charge in [0.05, 0.1) is 5.02 Å². The van der Waals surface area contributed by atoms with Crippen molar-refractivity contribution in [1.29, 1.82) is 0 Å². The normalized spacial score (nSPS) is 10.2. The monoisotopic (exact) mass is 395 g/mol. The molecule has 0 spiro atoms. The fraction of sp³-hybridized carbons (Fsp3) is 0.0909. The van der Waals surface area contributed by atoms with E-state index < -0.39 is 5.97 Å². The van der Waals surface area contributed by atoms with Gasteiger partial charge < -0.3 is 14.8 Å². The number of rotatable bonds is 7. The van der Waals surface area contributed by atoms with Crippen LogP contribution >= 0.6 is 11.6 Å². The van der Waals surface area contributed by atoms with Crippen molar-refractivity contribution in [2.45, 2.75) is 6.54 Å². The first-order chi connectivity index (χ1) is 13.6. The molecular weight excluding hydrogens is 378 g/mol. The van der Waals surface area contributed by atoms with Gasteiger partial charge in [-0.25, -0.2) is 4.79 Å². The van der Waals surface area contributed by atoms with Gasteiger partial charge in [0.25, 0.3) is 5.91 Å². The van der Waals surface area contributed by atoms with Crippen LogP contribution in [0, 0.1) is 0 Å². The molecule has 0 aromatic heterocycles. The molecular formula is C22H18ClNO4. The van der Waals surface area contributed by atoms with Crippen LogP contribution < -0.4 is 14.8 Å². The maximum Gasteiger partial charge on any atom is 0.349 e. The number of amides is 1. The van der Waals surface area contributed by atoms with Gasteiger partial charge in [-0.3, -0.25) is 4.79 Å². The molecule has 0 aliphatic carbocycles. The Morgan fingerprint density at radius 3 is 2.43 bits per heavy atom. The van der Waals surface area contributed by atoms with E-state index >= 15 is 0 Å². The highest BCUT2D eigenvalue weighted by atomic mass is 35.5. The number of ether oxygens (including phenoxy) is 2. The first-order valence-corrected chi connectivity index (χ1v) is 9.00. The van der Waals surface area contributed by atoms with E-state index in [0.29, 0.717) is 22.9 Å². The minimum absolute atomic E-state index is 0.255. The van der Waals surface area contributed by atoms with Crippen molar-refractivity contribution in [3.63, 3.8) is 0 Å². The third-order valence-corrected chi connectivity index (χ3v) is 4.12. The molecule has 0 bridgehead atoms. The second-order valence-corrected chi connectivity index (χ2v) is 6.30. The molecule has 0 heterocycles. The van der Waals surface area contributed by atoms with Gasteiger partial charge in [-0.1, -0.05) is 60.1 Å². The molecule has 3 aromatic rings. The summed E-state index contributed by atoms with van der Waals surface area (Å²) >= 11 is 5.98. The topological polar surface area (TPSA) is 64.6 Å². The smallest absolute Gasteiger partial charge is 0.349 e. The second-order valence-electron chi connectivity index (χ2n) is 5.89. The molecule has 1 N–H and O–H groups in total. The summed E-state index contributed by atoms with van der Waals surface area (Å²) in [7, 11) is 0. The maximum absolute atomic E-state index is 12.3. The lowest BCUT2D eigenvalue weighted by Gasteiger charge is -2.09. The molecule has 0 aliphatic rings. The summed E-state index contributed by atoms with van der Waals surface area (Å²) in [6.07, 6.45) is 0. The highest BCUT2D eigenvalue weighted by Crippen LogP contribution is 2.23. The third kappa shape index (κ3) is 5.59. The standard InChI is InChI=1S/C22H18ClNO4/c23-19-11-4-5-12-20(19)27-15-21(25)28-18-10-6-9-17(13-18)22(26)24-14-16-7-2-1-3-8-16/h1-13H,14-15H2,(H,24,26). The van der Waals surface area contributed by atoms with E-state index in [0.717, 1.165) is 5.56 Å². The van der Waals surface area contributed by atoms with Crippen LogP contribution in [0.4, 0.5) is 0 Å².